The molecule has 0 aliphatic carbocycles. The maximum absolute atomic E-state index is 13.6. The lowest BCUT2D eigenvalue weighted by Gasteiger charge is -2.35. The summed E-state index contributed by atoms with van der Waals surface area (Å²) in [7, 11) is 8.37. The molecule has 6 fully saturated rings. The zero-order valence-corrected chi connectivity index (χ0v) is 88.7. The van der Waals surface area contributed by atoms with Gasteiger partial charge in [0.1, 0.15) is 5.75 Å². The normalized spacial score (nSPS) is 16.6. The van der Waals surface area contributed by atoms with Crippen LogP contribution < -0.4 is 4.74 Å². The van der Waals surface area contributed by atoms with E-state index in [1.807, 2.05) is 57.2 Å². The molecule has 0 bridgehead atoms. The van der Waals surface area contributed by atoms with Gasteiger partial charge in [-0.2, -0.15) is 0 Å². The second-order valence-electron chi connectivity index (χ2n) is 42.8. The number of carbonyl (C=O) groups is 3. The number of methoxy groups -OCH3 is 1. The predicted molar refractivity (Wildman–Crippen MR) is 604 cm³/mol. The van der Waals surface area contributed by atoms with Crippen LogP contribution in [0.25, 0.3) is 65.0 Å². The maximum Gasteiger partial charge on any atom is 0.253 e. The standard InChI is InChI=1S/C43H53N5O2.2C42H51N5O/c1-32-33(2)48(17-6-16-45-21-19-44(3)20-22-45)42-14-10-36(30-41(32)42)27-35-7-5-8-39(29-35)43(49)47-25-23-46(24-26-47)18-15-34-9-11-38-31-40(50-4)13-12-37(38)28-34;1-32-33(2)47(19-8-18-44-23-21-43(3)22-24-44)41-16-15-35(31-40(32)41)29-34-9-6-13-38(30-34)42(48)46-27-25-45(26-28-46)20-17-37-12-7-11-36-10-4-5-14-39(36)37;1-32-33(2)47(18-7-17-44-22-20-43(3)21-23-44)41-15-13-36(31-40(32)41)28-35-8-6-11-39(30-35)42(48)46-26-24-45(25-27-46)19-16-34-12-14-37-9-4-5-10-38(37)29-34/h5,7-14,28-31H,6,15-27H2,1-4H3;4-7,9-16,30-31H,8,17-29H2,1-3H3;4-6,8-15,29-31H,7,16-28H2,1-3H3. The molecule has 762 valence electrons. The lowest BCUT2D eigenvalue weighted by Crippen LogP contribution is -2.49. The Hall–Kier alpha value is -12.1. The van der Waals surface area contributed by atoms with Gasteiger partial charge in [-0.15, -0.1) is 0 Å². The Kier molecular flexibility index (Phi) is 33.9. The summed E-state index contributed by atoms with van der Waals surface area (Å²) in [4.78, 5) is 69.5. The SMILES string of the molecule is COc1ccc2cc(CCN3CCN(C(=O)c4cccc(Cc5ccc6c(c5)c(C)c(C)n6CCCN5CCN(C)CC5)c4)CC3)ccc2c1.Cc1c(C)n(CCCN2CCN(C)CC2)c2ccc(Cc3cccc(C(=O)N4CCN(CCc5ccc6ccccc6c5)CC4)c3)cc12.Cc1c(C)n(CCCN2CCN(C)CC2)c2ccc(Cc3cccc(C(=O)N4CCN(CCc5cccc6ccccc56)CC4)c3)cc12. The van der Waals surface area contributed by atoms with E-state index in [0.29, 0.717) is 0 Å². The fraction of sp³-hybridized carbons (Fsp3) is 0.409. The number of aromatic nitrogens is 3. The van der Waals surface area contributed by atoms with Crippen LogP contribution >= 0.6 is 0 Å². The second kappa shape index (κ2) is 48.2. The zero-order chi connectivity index (χ0) is 101. The van der Waals surface area contributed by atoms with Gasteiger partial charge in [0, 0.05) is 263 Å². The Morgan fingerprint density at radius 2 is 0.548 bits per heavy atom. The Bertz CT molecular complexity index is 7010. The highest BCUT2D eigenvalue weighted by Crippen LogP contribution is 2.34. The summed E-state index contributed by atoms with van der Waals surface area (Å²) in [5, 5.41) is 11.8. The van der Waals surface area contributed by atoms with Gasteiger partial charge in [0.05, 0.1) is 7.11 Å². The highest BCUT2D eigenvalue weighted by atomic mass is 16.5. The number of aryl methyl sites for hydroxylation is 6. The van der Waals surface area contributed by atoms with Crippen LogP contribution in [-0.4, -0.2) is 315 Å². The van der Waals surface area contributed by atoms with E-state index >= 15 is 0 Å². The van der Waals surface area contributed by atoms with Gasteiger partial charge in [-0.1, -0.05) is 164 Å². The number of fused-ring (bicyclic) bond motifs is 6. The van der Waals surface area contributed by atoms with Crippen molar-refractivity contribution in [2.24, 2.45) is 0 Å². The lowest BCUT2D eigenvalue weighted by atomic mass is 10.00. The number of ether oxygens (including phenoxy) is 1. The number of rotatable bonds is 31. The number of hydrogen-bond acceptors (Lipinski definition) is 13. The molecular weight excluding hydrogens is 1800 g/mol. The zero-order valence-electron chi connectivity index (χ0n) is 88.7. The van der Waals surface area contributed by atoms with Crippen molar-refractivity contribution in [2.45, 2.75) is 119 Å². The Morgan fingerprint density at radius 1 is 0.247 bits per heavy atom. The monoisotopic (exact) mass is 1950 g/mol. The smallest absolute Gasteiger partial charge is 0.253 e. The fourth-order valence-electron chi connectivity index (χ4n) is 23.4. The molecule has 0 spiro atoms. The van der Waals surface area contributed by atoms with Crippen molar-refractivity contribution >= 4 is 82.7 Å². The topological polar surface area (TPSA) is 114 Å². The summed E-state index contributed by atoms with van der Waals surface area (Å²) in [6.07, 6.45) is 9.07. The molecule has 0 saturated carbocycles. The van der Waals surface area contributed by atoms with Gasteiger partial charge in [-0.25, -0.2) is 0 Å². The van der Waals surface area contributed by atoms with Crippen molar-refractivity contribution in [1.82, 2.24) is 72.5 Å². The summed E-state index contributed by atoms with van der Waals surface area (Å²) < 4.78 is 12.9. The molecule has 12 aromatic carbocycles. The number of piperazine rings is 6. The summed E-state index contributed by atoms with van der Waals surface area (Å²) in [5.74, 6) is 1.34. The summed E-state index contributed by atoms with van der Waals surface area (Å²) in [6.45, 7) is 47.6. The Labute approximate surface area is 867 Å². The minimum Gasteiger partial charge on any atom is -0.497 e. The lowest BCUT2D eigenvalue weighted by molar-refractivity contribution is 0.0632. The van der Waals surface area contributed by atoms with Gasteiger partial charge < -0.3 is 62.5 Å². The highest BCUT2D eigenvalue weighted by molar-refractivity contribution is 5.97. The fourth-order valence-corrected chi connectivity index (χ4v) is 23.4. The van der Waals surface area contributed by atoms with Gasteiger partial charge in [0.2, 0.25) is 0 Å². The molecule has 3 amide bonds. The van der Waals surface area contributed by atoms with E-state index < -0.39 is 0 Å². The Balaban J connectivity index is 0.000000138. The third-order valence-corrected chi connectivity index (χ3v) is 33.1. The van der Waals surface area contributed by atoms with Gasteiger partial charge in [-0.05, 0) is 324 Å². The Morgan fingerprint density at radius 3 is 0.938 bits per heavy atom. The van der Waals surface area contributed by atoms with E-state index in [4.69, 9.17) is 4.74 Å². The van der Waals surface area contributed by atoms with Gasteiger partial charge in [-0.3, -0.25) is 29.1 Å². The largest absolute Gasteiger partial charge is 0.497 e. The third-order valence-electron chi connectivity index (χ3n) is 33.1. The van der Waals surface area contributed by atoms with E-state index in [-0.39, 0.29) is 17.7 Å². The van der Waals surface area contributed by atoms with Crippen LogP contribution in [0.15, 0.2) is 249 Å². The molecule has 6 saturated heterocycles. The van der Waals surface area contributed by atoms with Crippen molar-refractivity contribution in [3.63, 3.8) is 0 Å². The molecule has 9 heterocycles. The predicted octanol–water partition coefficient (Wildman–Crippen LogP) is 19.9. The molecule has 6 aliphatic heterocycles. The first-order chi connectivity index (χ1) is 71.2. The molecule has 15 aromatic rings. The van der Waals surface area contributed by atoms with E-state index in [0.717, 1.165) is 185 Å². The van der Waals surface area contributed by atoms with Crippen molar-refractivity contribution in [3.8, 4) is 5.75 Å². The number of nitrogens with zero attached hydrogens (tertiary/aromatic N) is 15. The quantitative estimate of drug-likeness (QED) is 0.0411. The first-order valence-corrected chi connectivity index (χ1v) is 54.5. The van der Waals surface area contributed by atoms with Crippen LogP contribution in [0.3, 0.4) is 0 Å². The second-order valence-corrected chi connectivity index (χ2v) is 42.8. The molecule has 0 radical (unpaired) electrons. The first kappa shape index (κ1) is 102. The average Bonchev–Trinajstić information content (AvgIpc) is 1.63. The molecule has 19 heteroatoms. The summed E-state index contributed by atoms with van der Waals surface area (Å²) >= 11 is 0. The number of hydrogen-bond donors (Lipinski definition) is 0. The number of likely N-dealkylation sites (N-methyl/N-ethyl adjacent to an activating group) is 3. The van der Waals surface area contributed by atoms with E-state index in [1.54, 1.807) is 7.11 Å². The molecule has 0 unspecified atom stereocenters. The number of benzene rings is 12. The molecular formula is C127H155N15O4. The van der Waals surface area contributed by atoms with Gasteiger partial charge >= 0.3 is 0 Å². The number of amides is 3. The van der Waals surface area contributed by atoms with Crippen LogP contribution in [0.4, 0.5) is 0 Å². The minimum atomic E-state index is 0.145. The van der Waals surface area contributed by atoms with Crippen molar-refractivity contribution in [3.05, 3.63) is 349 Å². The van der Waals surface area contributed by atoms with Crippen LogP contribution in [-0.2, 0) is 58.2 Å². The van der Waals surface area contributed by atoms with E-state index in [2.05, 4.69) is 327 Å². The molecule has 19 nitrogen and oxygen atoms in total. The summed E-state index contributed by atoms with van der Waals surface area (Å²) in [5.41, 5.74) is 26.3. The minimum absolute atomic E-state index is 0.145. The van der Waals surface area contributed by atoms with Crippen molar-refractivity contribution < 1.29 is 19.1 Å². The third kappa shape index (κ3) is 25.3. The van der Waals surface area contributed by atoms with Crippen LogP contribution in [0, 0.1) is 41.5 Å². The van der Waals surface area contributed by atoms with Gasteiger partial charge in [0.15, 0.2) is 0 Å². The van der Waals surface area contributed by atoms with E-state index in [9.17, 15) is 14.4 Å². The molecule has 3 aromatic heterocycles. The van der Waals surface area contributed by atoms with Crippen LogP contribution in [0.1, 0.15) is 134 Å². The highest BCUT2D eigenvalue weighted by Gasteiger charge is 2.29. The molecule has 0 atom stereocenters. The first-order valence-electron chi connectivity index (χ1n) is 54.5. The number of carbonyl (C=O) groups excluding carboxylic acids is 3. The summed E-state index contributed by atoms with van der Waals surface area (Å²) in [6, 6.07) is 89.3. The van der Waals surface area contributed by atoms with Gasteiger partial charge in [0.25, 0.3) is 17.7 Å². The average molecular weight is 1960 g/mol. The molecule has 21 rings (SSSR count). The molecule has 146 heavy (non-hydrogen) atoms. The maximum atomic E-state index is 13.6. The van der Waals surface area contributed by atoms with Crippen molar-refractivity contribution in [2.75, 3.05) is 225 Å². The van der Waals surface area contributed by atoms with Crippen LogP contribution in [0.2, 0.25) is 0 Å². The molecule has 6 aliphatic rings. The van der Waals surface area contributed by atoms with Crippen LogP contribution in [0.5, 0.6) is 5.75 Å². The van der Waals surface area contributed by atoms with E-state index in [1.165, 1.54) is 260 Å². The van der Waals surface area contributed by atoms with Crippen molar-refractivity contribution in [1.29, 1.82) is 0 Å². The molecule has 0 N–H and O–H groups in total.